The van der Waals surface area contributed by atoms with Crippen LogP contribution in [0.4, 0.5) is 4.79 Å². The first-order chi connectivity index (χ1) is 10.3. The fraction of sp³-hybridized carbons (Fsp3) is 0.471. The van der Waals surface area contributed by atoms with E-state index in [1.165, 1.54) is 37.0 Å². The summed E-state index contributed by atoms with van der Waals surface area (Å²) in [4.78, 5) is 15.0. The van der Waals surface area contributed by atoms with Gasteiger partial charge in [-0.15, -0.1) is 0 Å². The number of aromatic nitrogens is 1. The highest BCUT2D eigenvalue weighted by Crippen LogP contribution is 2.42. The van der Waals surface area contributed by atoms with Gasteiger partial charge in [0.25, 0.3) is 0 Å². The molecule has 2 aromatic rings. The van der Waals surface area contributed by atoms with Crippen molar-refractivity contribution in [1.82, 2.24) is 14.8 Å². The molecule has 4 aliphatic rings. The van der Waals surface area contributed by atoms with Crippen LogP contribution in [-0.2, 0) is 0 Å². The number of hydrogen-bond acceptors (Lipinski definition) is 2. The van der Waals surface area contributed by atoms with Gasteiger partial charge in [0.2, 0.25) is 0 Å². The molecule has 4 heteroatoms. The quantitative estimate of drug-likeness (QED) is 0.872. The van der Waals surface area contributed by atoms with Crippen LogP contribution in [-0.4, -0.2) is 35.1 Å². The third kappa shape index (κ3) is 1.57. The lowest BCUT2D eigenvalue weighted by atomic mass is 9.74. The van der Waals surface area contributed by atoms with E-state index in [0.717, 1.165) is 18.0 Å². The Balaban J connectivity index is 1.61. The summed E-state index contributed by atoms with van der Waals surface area (Å²) >= 11 is 0. The molecule has 3 saturated heterocycles. The van der Waals surface area contributed by atoms with Crippen molar-refractivity contribution in [1.29, 1.82) is 0 Å². The first-order valence-electron chi connectivity index (χ1n) is 7.95. The summed E-state index contributed by atoms with van der Waals surface area (Å²) in [6, 6.07) is 10.6. The molecule has 0 spiro atoms. The third-order valence-electron chi connectivity index (χ3n) is 5.67. The average molecular weight is 281 g/mol. The van der Waals surface area contributed by atoms with Gasteiger partial charge in [-0.25, -0.2) is 4.79 Å². The van der Waals surface area contributed by atoms with Crippen molar-refractivity contribution < 1.29 is 4.79 Å². The zero-order valence-electron chi connectivity index (χ0n) is 12.0. The maximum Gasteiger partial charge on any atom is 0.326 e. The molecule has 0 radical (unpaired) electrons. The molecule has 2 bridgehead atoms. The smallest absolute Gasteiger partial charge is 0.326 e. The number of piperidine rings is 3. The van der Waals surface area contributed by atoms with Gasteiger partial charge in [-0.3, -0.25) is 4.57 Å². The molecule has 4 aliphatic heterocycles. The van der Waals surface area contributed by atoms with Gasteiger partial charge < -0.3 is 10.2 Å². The first kappa shape index (κ1) is 11.8. The maximum absolute atomic E-state index is 12.4. The summed E-state index contributed by atoms with van der Waals surface area (Å²) in [5.74, 6) is 1.34. The lowest BCUT2D eigenvalue weighted by molar-refractivity contribution is 0.0338. The molecule has 2 unspecified atom stereocenters. The maximum atomic E-state index is 12.4. The number of benzene rings is 1. The lowest BCUT2D eigenvalue weighted by Gasteiger charge is -2.46. The molecular weight excluding hydrogens is 262 g/mol. The van der Waals surface area contributed by atoms with Gasteiger partial charge in [0.1, 0.15) is 0 Å². The van der Waals surface area contributed by atoms with Crippen molar-refractivity contribution in [3.8, 4) is 0 Å². The topological polar surface area (TPSA) is 37.3 Å². The molecule has 5 heterocycles. The van der Waals surface area contributed by atoms with Crippen LogP contribution < -0.4 is 5.32 Å². The van der Waals surface area contributed by atoms with E-state index in [1.54, 1.807) is 0 Å². The zero-order valence-corrected chi connectivity index (χ0v) is 12.0. The van der Waals surface area contributed by atoms with Crippen molar-refractivity contribution in [2.75, 3.05) is 19.6 Å². The van der Waals surface area contributed by atoms with Crippen LogP contribution in [0.5, 0.6) is 0 Å². The average Bonchev–Trinajstić information content (AvgIpc) is 3.06. The number of carbonyl (C=O) groups excluding carboxylic acids is 1. The highest BCUT2D eigenvalue weighted by molar-refractivity contribution is 5.95. The Morgan fingerprint density at radius 3 is 2.71 bits per heavy atom. The number of amides is 1. The van der Waals surface area contributed by atoms with Crippen LogP contribution in [0, 0.1) is 11.8 Å². The number of rotatable bonds is 1. The Kier molecular flexibility index (Phi) is 2.31. The molecule has 1 amide bonds. The van der Waals surface area contributed by atoms with Gasteiger partial charge in [-0.2, -0.15) is 0 Å². The number of fused-ring (bicyclic) bond motifs is 6. The molecule has 4 nitrogen and oxygen atoms in total. The molecular formula is C17H19N3O. The van der Waals surface area contributed by atoms with E-state index in [4.69, 9.17) is 0 Å². The Labute approximate surface area is 123 Å². The molecule has 3 fully saturated rings. The largest absolute Gasteiger partial charge is 0.329 e. The minimum atomic E-state index is 0.0487. The molecule has 0 aliphatic carbocycles. The highest BCUT2D eigenvalue weighted by Gasteiger charge is 2.43. The SMILES string of the molecule is O=C1NC(C2CN3CCC2CC3)c2cc3ccccc3n21. The van der Waals surface area contributed by atoms with E-state index in [-0.39, 0.29) is 12.1 Å². The lowest BCUT2D eigenvalue weighted by Crippen LogP contribution is -2.50. The predicted molar refractivity (Wildman–Crippen MR) is 81.3 cm³/mol. The van der Waals surface area contributed by atoms with Gasteiger partial charge in [-0.05, 0) is 44.0 Å². The van der Waals surface area contributed by atoms with Crippen LogP contribution >= 0.6 is 0 Å². The zero-order chi connectivity index (χ0) is 14.0. The Hall–Kier alpha value is -1.81. The van der Waals surface area contributed by atoms with E-state index in [2.05, 4.69) is 22.3 Å². The second-order valence-electron chi connectivity index (χ2n) is 6.69. The fourth-order valence-electron chi connectivity index (χ4n) is 4.62. The summed E-state index contributed by atoms with van der Waals surface area (Å²) in [5.41, 5.74) is 2.20. The number of carbonyl (C=O) groups is 1. The molecule has 0 saturated carbocycles. The molecule has 1 aromatic carbocycles. The minimum Gasteiger partial charge on any atom is -0.329 e. The second-order valence-corrected chi connectivity index (χ2v) is 6.69. The molecule has 2 atom stereocenters. The van der Waals surface area contributed by atoms with E-state index < -0.39 is 0 Å². The van der Waals surface area contributed by atoms with Crippen LogP contribution in [0.3, 0.4) is 0 Å². The van der Waals surface area contributed by atoms with Crippen molar-refractivity contribution in [2.24, 2.45) is 11.8 Å². The van der Waals surface area contributed by atoms with Gasteiger partial charge >= 0.3 is 6.03 Å². The number of nitrogens with one attached hydrogen (secondary N) is 1. The molecule has 6 rings (SSSR count). The predicted octanol–water partition coefficient (Wildman–Crippen LogP) is 2.60. The van der Waals surface area contributed by atoms with Crippen LogP contribution in [0.25, 0.3) is 10.9 Å². The number of para-hydroxylation sites is 1. The Bertz CT molecular complexity index is 727. The highest BCUT2D eigenvalue weighted by atomic mass is 16.2. The molecule has 1 aromatic heterocycles. The van der Waals surface area contributed by atoms with E-state index >= 15 is 0 Å². The van der Waals surface area contributed by atoms with E-state index in [1.807, 2.05) is 22.8 Å². The van der Waals surface area contributed by atoms with E-state index in [9.17, 15) is 4.79 Å². The Morgan fingerprint density at radius 1 is 1.14 bits per heavy atom. The van der Waals surface area contributed by atoms with Crippen molar-refractivity contribution in [3.05, 3.63) is 36.0 Å². The molecule has 1 N–H and O–H groups in total. The standard InChI is InChI=1S/C17H19N3O/c21-17-18-16(13-10-19-7-5-11(13)6-8-19)15-9-12-3-1-2-4-14(12)20(15)17/h1-4,9,11,13,16H,5-8,10H2,(H,18,21). The normalized spacial score (nSPS) is 34.2. The van der Waals surface area contributed by atoms with Crippen molar-refractivity contribution in [3.63, 3.8) is 0 Å². The van der Waals surface area contributed by atoms with E-state index in [0.29, 0.717) is 5.92 Å². The molecule has 21 heavy (non-hydrogen) atoms. The second kappa shape index (κ2) is 4.10. The third-order valence-corrected chi connectivity index (χ3v) is 5.67. The van der Waals surface area contributed by atoms with Crippen molar-refractivity contribution >= 4 is 16.9 Å². The summed E-state index contributed by atoms with van der Waals surface area (Å²) < 4.78 is 1.89. The Morgan fingerprint density at radius 2 is 1.95 bits per heavy atom. The van der Waals surface area contributed by atoms with Crippen LogP contribution in [0.1, 0.15) is 24.6 Å². The van der Waals surface area contributed by atoms with Crippen molar-refractivity contribution in [2.45, 2.75) is 18.9 Å². The number of nitrogens with zero attached hydrogens (tertiary/aromatic N) is 2. The summed E-state index contributed by atoms with van der Waals surface area (Å²) in [7, 11) is 0. The summed E-state index contributed by atoms with van der Waals surface area (Å²) in [6.07, 6.45) is 2.58. The summed E-state index contributed by atoms with van der Waals surface area (Å²) in [5, 5.41) is 4.42. The number of hydrogen-bond donors (Lipinski definition) is 1. The van der Waals surface area contributed by atoms with Gasteiger partial charge in [0, 0.05) is 17.8 Å². The minimum absolute atomic E-state index is 0.0487. The fourth-order valence-corrected chi connectivity index (χ4v) is 4.62. The first-order valence-corrected chi connectivity index (χ1v) is 7.95. The van der Waals surface area contributed by atoms with Crippen LogP contribution in [0.2, 0.25) is 0 Å². The van der Waals surface area contributed by atoms with Gasteiger partial charge in [0.15, 0.2) is 0 Å². The van der Waals surface area contributed by atoms with Gasteiger partial charge in [-0.1, -0.05) is 18.2 Å². The molecule has 108 valence electrons. The summed E-state index contributed by atoms with van der Waals surface area (Å²) in [6.45, 7) is 3.62. The van der Waals surface area contributed by atoms with Gasteiger partial charge in [0.05, 0.1) is 17.3 Å². The monoisotopic (exact) mass is 281 g/mol. The van der Waals surface area contributed by atoms with Crippen LogP contribution in [0.15, 0.2) is 30.3 Å².